The van der Waals surface area contributed by atoms with Crippen molar-refractivity contribution >= 4 is 9.84 Å². The smallest absolute Gasteiger partial charge is 0.219 e. The zero-order valence-corrected chi connectivity index (χ0v) is 12.4. The van der Waals surface area contributed by atoms with Gasteiger partial charge in [-0.2, -0.15) is 13.2 Å². The van der Waals surface area contributed by atoms with E-state index in [1.54, 1.807) is 60.7 Å². The first-order chi connectivity index (χ1) is 10.3. The number of sulfone groups is 1. The quantitative estimate of drug-likeness (QED) is 0.837. The Morgan fingerprint density at radius 3 is 1.45 bits per heavy atom. The van der Waals surface area contributed by atoms with Crippen LogP contribution in [0, 0.1) is 0 Å². The van der Waals surface area contributed by atoms with Crippen LogP contribution in [-0.2, 0) is 22.7 Å². The summed E-state index contributed by atoms with van der Waals surface area (Å²) in [6, 6.07) is 16.7. The Kier molecular flexibility index (Phi) is 4.90. The Morgan fingerprint density at radius 1 is 0.773 bits per heavy atom. The van der Waals surface area contributed by atoms with Crippen LogP contribution in [0.4, 0.5) is 13.2 Å². The SMILES string of the molecule is O=S(=O)(C(Cc1ccccc1)Cc1ccccc1)C(F)(F)F. The molecule has 0 aromatic heterocycles. The number of rotatable bonds is 5. The van der Waals surface area contributed by atoms with Crippen LogP contribution < -0.4 is 0 Å². The minimum atomic E-state index is -5.25. The van der Waals surface area contributed by atoms with Crippen LogP contribution >= 0.6 is 0 Å². The molecule has 2 rings (SSSR count). The van der Waals surface area contributed by atoms with Crippen LogP contribution in [0.15, 0.2) is 60.7 Å². The fourth-order valence-corrected chi connectivity index (χ4v) is 3.44. The van der Waals surface area contributed by atoms with E-state index in [1.165, 1.54) is 0 Å². The molecule has 118 valence electrons. The molecule has 0 aliphatic rings. The molecule has 0 fully saturated rings. The maximum absolute atomic E-state index is 12.9. The van der Waals surface area contributed by atoms with Crippen molar-refractivity contribution in [3.8, 4) is 0 Å². The van der Waals surface area contributed by atoms with Gasteiger partial charge in [-0.25, -0.2) is 8.42 Å². The summed E-state index contributed by atoms with van der Waals surface area (Å²) in [4.78, 5) is 0. The summed E-state index contributed by atoms with van der Waals surface area (Å²) in [5.74, 6) is 0. The number of halogens is 3. The van der Waals surface area contributed by atoms with E-state index >= 15 is 0 Å². The van der Waals surface area contributed by atoms with Gasteiger partial charge in [0, 0.05) is 0 Å². The van der Waals surface area contributed by atoms with Crippen LogP contribution in [-0.4, -0.2) is 19.2 Å². The van der Waals surface area contributed by atoms with Gasteiger partial charge in [-0.15, -0.1) is 0 Å². The summed E-state index contributed by atoms with van der Waals surface area (Å²) >= 11 is 0. The second-order valence-corrected chi connectivity index (χ2v) is 7.21. The van der Waals surface area contributed by atoms with Crippen molar-refractivity contribution in [2.24, 2.45) is 0 Å². The second kappa shape index (κ2) is 6.52. The molecule has 0 amide bonds. The lowest BCUT2D eigenvalue weighted by molar-refractivity contribution is -0.0444. The molecule has 0 radical (unpaired) electrons. The van der Waals surface area contributed by atoms with E-state index in [-0.39, 0.29) is 12.8 Å². The average Bonchev–Trinajstić information content (AvgIpc) is 2.47. The van der Waals surface area contributed by atoms with Crippen molar-refractivity contribution in [3.63, 3.8) is 0 Å². The molecular formula is C16H15F3O2S. The van der Waals surface area contributed by atoms with Crippen LogP contribution in [0.25, 0.3) is 0 Å². The molecule has 0 aliphatic carbocycles. The highest BCUT2D eigenvalue weighted by molar-refractivity contribution is 7.92. The van der Waals surface area contributed by atoms with Crippen LogP contribution in [0.1, 0.15) is 11.1 Å². The fraction of sp³-hybridized carbons (Fsp3) is 0.250. The molecule has 0 saturated carbocycles. The summed E-state index contributed by atoms with van der Waals surface area (Å²) in [5.41, 5.74) is -4.12. The Bertz CT molecular complexity index is 654. The molecule has 2 aromatic rings. The third-order valence-corrected chi connectivity index (χ3v) is 5.23. The number of alkyl halides is 3. The minimum Gasteiger partial charge on any atom is -0.219 e. The second-order valence-electron chi connectivity index (χ2n) is 4.99. The van der Waals surface area contributed by atoms with Gasteiger partial charge in [0.05, 0.1) is 5.25 Å². The molecule has 0 unspecified atom stereocenters. The summed E-state index contributed by atoms with van der Waals surface area (Å²) < 4.78 is 62.4. The fourth-order valence-electron chi connectivity index (χ4n) is 2.23. The lowest BCUT2D eigenvalue weighted by Gasteiger charge is -2.19. The molecule has 0 N–H and O–H groups in total. The topological polar surface area (TPSA) is 34.1 Å². The van der Waals surface area contributed by atoms with Crippen molar-refractivity contribution in [3.05, 3.63) is 71.8 Å². The lowest BCUT2D eigenvalue weighted by atomic mass is 10.0. The van der Waals surface area contributed by atoms with Gasteiger partial charge in [-0.1, -0.05) is 60.7 Å². The Hall–Kier alpha value is -1.82. The van der Waals surface area contributed by atoms with Crippen LogP contribution in [0.3, 0.4) is 0 Å². The summed E-state index contributed by atoms with van der Waals surface area (Å²) in [6.07, 6.45) is -0.338. The van der Waals surface area contributed by atoms with Crippen LogP contribution in [0.2, 0.25) is 0 Å². The molecule has 2 nitrogen and oxygen atoms in total. The van der Waals surface area contributed by atoms with E-state index in [9.17, 15) is 21.6 Å². The molecule has 2 aromatic carbocycles. The Balaban J connectivity index is 2.33. The minimum absolute atomic E-state index is 0.169. The van der Waals surface area contributed by atoms with Gasteiger partial charge in [0.15, 0.2) is 0 Å². The first-order valence-electron chi connectivity index (χ1n) is 6.69. The molecule has 0 atom stereocenters. The van der Waals surface area contributed by atoms with Crippen molar-refractivity contribution < 1.29 is 21.6 Å². The molecule has 0 aliphatic heterocycles. The van der Waals surface area contributed by atoms with E-state index in [4.69, 9.17) is 0 Å². The first-order valence-corrected chi connectivity index (χ1v) is 8.23. The maximum Gasteiger partial charge on any atom is 0.497 e. The lowest BCUT2D eigenvalue weighted by Crippen LogP contribution is -2.37. The van der Waals surface area contributed by atoms with E-state index in [1.807, 2.05) is 0 Å². The van der Waals surface area contributed by atoms with Gasteiger partial charge < -0.3 is 0 Å². The molecule has 0 bridgehead atoms. The largest absolute Gasteiger partial charge is 0.497 e. The van der Waals surface area contributed by atoms with E-state index < -0.39 is 20.6 Å². The third-order valence-electron chi connectivity index (χ3n) is 3.37. The number of hydrogen-bond donors (Lipinski definition) is 0. The molecular weight excluding hydrogens is 313 g/mol. The van der Waals surface area contributed by atoms with Crippen molar-refractivity contribution in [2.75, 3.05) is 0 Å². The van der Waals surface area contributed by atoms with E-state index in [0.717, 1.165) is 0 Å². The van der Waals surface area contributed by atoms with E-state index in [2.05, 4.69) is 0 Å². The standard InChI is InChI=1S/C16H15F3O2S/c17-16(18,19)22(20,21)15(11-13-7-3-1-4-8-13)12-14-9-5-2-6-10-14/h1-10,15H,11-12H2. The molecule has 0 saturated heterocycles. The molecule has 0 spiro atoms. The van der Waals surface area contributed by atoms with Gasteiger partial charge in [0.2, 0.25) is 0 Å². The summed E-state index contributed by atoms with van der Waals surface area (Å²) in [6.45, 7) is 0. The predicted octanol–water partition coefficient (Wildman–Crippen LogP) is 3.78. The van der Waals surface area contributed by atoms with Crippen molar-refractivity contribution in [1.29, 1.82) is 0 Å². The first kappa shape index (κ1) is 16.5. The number of hydrogen-bond acceptors (Lipinski definition) is 2. The Labute approximate surface area is 127 Å². The van der Waals surface area contributed by atoms with Crippen LogP contribution in [0.5, 0.6) is 0 Å². The maximum atomic E-state index is 12.9. The summed E-state index contributed by atoms with van der Waals surface area (Å²) in [7, 11) is -5.23. The summed E-state index contributed by atoms with van der Waals surface area (Å²) in [5, 5.41) is -1.53. The molecule has 0 heterocycles. The van der Waals surface area contributed by atoms with Gasteiger partial charge in [-0.3, -0.25) is 0 Å². The van der Waals surface area contributed by atoms with Crippen molar-refractivity contribution in [1.82, 2.24) is 0 Å². The highest BCUT2D eigenvalue weighted by atomic mass is 32.2. The highest BCUT2D eigenvalue weighted by Crippen LogP contribution is 2.30. The zero-order valence-electron chi connectivity index (χ0n) is 11.6. The van der Waals surface area contributed by atoms with E-state index in [0.29, 0.717) is 11.1 Å². The molecule has 6 heteroatoms. The highest BCUT2D eigenvalue weighted by Gasteiger charge is 2.50. The normalized spacial score (nSPS) is 12.5. The van der Waals surface area contributed by atoms with Gasteiger partial charge in [0.1, 0.15) is 0 Å². The van der Waals surface area contributed by atoms with Crippen molar-refractivity contribution in [2.45, 2.75) is 23.6 Å². The zero-order chi connectivity index (χ0) is 16.2. The average molecular weight is 328 g/mol. The Morgan fingerprint density at radius 2 is 1.14 bits per heavy atom. The monoisotopic (exact) mass is 328 g/mol. The van der Waals surface area contributed by atoms with Gasteiger partial charge in [0.25, 0.3) is 9.84 Å². The number of benzene rings is 2. The molecule has 22 heavy (non-hydrogen) atoms. The van der Waals surface area contributed by atoms with Gasteiger partial charge in [-0.05, 0) is 24.0 Å². The predicted molar refractivity (Wildman–Crippen MR) is 79.1 cm³/mol. The van der Waals surface area contributed by atoms with Gasteiger partial charge >= 0.3 is 5.51 Å². The third kappa shape index (κ3) is 3.88.